The molecule has 0 radical (unpaired) electrons. The molecule has 4 saturated carbocycles. The van der Waals surface area contributed by atoms with Gasteiger partial charge < -0.3 is 84.1 Å². The predicted molar refractivity (Wildman–Crippen MR) is 266 cm³/mol. The Labute approximate surface area is 435 Å². The molecule has 25 atom stereocenters. The van der Waals surface area contributed by atoms with Crippen LogP contribution < -0.4 is 14.8 Å². The number of carbonyl (C=O) groups is 1. The Hall–Kier alpha value is -2.53. The Balaban J connectivity index is 0.909. The standard InChI is InChI=1S/C56H85NO17/c1-26-14-19-56(51(66)57-30-10-12-32-33(24-30)68-23-22-67-32)21-20-54(8)31(38(56)27(26)2)11-13-36-53(7)17-16-37(52(5,6)35(53)15-18-55(36,54)9)72-50-47(74-49-44(64)42(62)40(60)29(4)70-49)45(65)46(34(25-58)71-50)73-48-43(63)41(61)39(59)28(3)69-48/h10-12,24,26-29,34-50,58-65H,13-23,25H2,1-9H3,(H,57,66)/t26-,27+,28+,29+,34-,35+,36-,37+,38+,39+,40+,41-,42-,43-,44-,45+,46-,47-,48+,49+,50+,53+,54-,55-,56+/m1/s1. The van der Waals surface area contributed by atoms with E-state index in [9.17, 15) is 45.6 Å². The van der Waals surface area contributed by atoms with Gasteiger partial charge in [-0.2, -0.15) is 0 Å². The molecule has 1 aromatic rings. The van der Waals surface area contributed by atoms with E-state index in [2.05, 4.69) is 59.9 Å². The Morgan fingerprint density at radius 3 is 1.95 bits per heavy atom. The second kappa shape index (κ2) is 20.0. The highest BCUT2D eigenvalue weighted by atomic mass is 16.8. The summed E-state index contributed by atoms with van der Waals surface area (Å²) in [7, 11) is 0. The van der Waals surface area contributed by atoms with Crippen molar-refractivity contribution < 1.29 is 83.5 Å². The minimum absolute atomic E-state index is 0.0679. The van der Waals surface area contributed by atoms with Gasteiger partial charge in [0.1, 0.15) is 74.3 Å². The number of ether oxygens (including phenoxy) is 8. The second-order valence-corrected chi connectivity index (χ2v) is 25.4. The molecule has 4 heterocycles. The first kappa shape index (κ1) is 54.8. The number of benzene rings is 1. The number of allylic oxidation sites excluding steroid dienone is 2. The van der Waals surface area contributed by atoms with Crippen LogP contribution in [0.4, 0.5) is 5.69 Å². The zero-order chi connectivity index (χ0) is 53.2. The van der Waals surface area contributed by atoms with Crippen molar-refractivity contribution in [3.63, 3.8) is 0 Å². The maximum absolute atomic E-state index is 15.0. The maximum Gasteiger partial charge on any atom is 0.231 e. The van der Waals surface area contributed by atoms with Crippen LogP contribution >= 0.6 is 0 Å². The fourth-order valence-electron chi connectivity index (χ4n) is 16.7. The largest absolute Gasteiger partial charge is 0.486 e. The number of nitrogens with one attached hydrogen (secondary N) is 1. The SMILES string of the molecule is C[C@H]1[C@H](C)CC[C@]2(C(=O)Nc3ccc4c(c3)OCCO4)CC[C@]3(C)C(=CC[C@@H]4[C@@]5(C)CC[C@H](O[C@@H]6O[C@H](CO)[C@@H](O[C@@H]7O[C@@H](C)[C@H](O)[C@@H](O)[C@H]7O)[C@H](O)[C@H]6O[C@@H]6O[C@@H](C)[C@H](O)[C@@H](O)[C@H]6O)C(C)(C)[C@@H]5CC[C@]43C)[C@H]12. The quantitative estimate of drug-likeness (QED) is 0.125. The lowest BCUT2D eigenvalue weighted by molar-refractivity contribution is -0.393. The third-order valence-electron chi connectivity index (χ3n) is 21.5. The molecule has 416 valence electrons. The summed E-state index contributed by atoms with van der Waals surface area (Å²) >= 11 is 0. The highest BCUT2D eigenvalue weighted by molar-refractivity contribution is 5.96. The number of aliphatic hydroxyl groups excluding tert-OH is 8. The molecule has 10 rings (SSSR count). The lowest BCUT2D eigenvalue weighted by Gasteiger charge is -2.71. The van der Waals surface area contributed by atoms with E-state index in [-0.39, 0.29) is 34.0 Å². The van der Waals surface area contributed by atoms with E-state index in [1.807, 2.05) is 18.2 Å². The van der Waals surface area contributed by atoms with Crippen molar-refractivity contribution in [1.29, 1.82) is 0 Å². The average Bonchev–Trinajstić information content (AvgIpc) is 3.38. The van der Waals surface area contributed by atoms with Gasteiger partial charge in [0.2, 0.25) is 5.91 Å². The van der Waals surface area contributed by atoms with E-state index in [0.717, 1.165) is 57.1 Å². The molecule has 0 aromatic heterocycles. The first-order chi connectivity index (χ1) is 34.9. The van der Waals surface area contributed by atoms with Crippen molar-refractivity contribution in [2.75, 3.05) is 25.1 Å². The van der Waals surface area contributed by atoms with Crippen LogP contribution in [0.25, 0.3) is 0 Å². The average molecular weight is 1040 g/mol. The van der Waals surface area contributed by atoms with Crippen LogP contribution in [0.3, 0.4) is 0 Å². The fraction of sp³-hybridized carbons (Fsp3) is 0.839. The van der Waals surface area contributed by atoms with E-state index in [0.29, 0.717) is 48.9 Å². The Bertz CT molecular complexity index is 2250. The summed E-state index contributed by atoms with van der Waals surface area (Å²) in [5.74, 6) is 2.82. The number of carbonyl (C=O) groups excluding carboxylic acids is 1. The van der Waals surface area contributed by atoms with Crippen molar-refractivity contribution in [3.8, 4) is 11.5 Å². The first-order valence-corrected chi connectivity index (χ1v) is 27.6. The molecule has 1 aromatic carbocycles. The van der Waals surface area contributed by atoms with Gasteiger partial charge in [0.15, 0.2) is 30.4 Å². The number of hydrogen-bond donors (Lipinski definition) is 9. The van der Waals surface area contributed by atoms with Crippen molar-refractivity contribution in [2.24, 2.45) is 56.7 Å². The van der Waals surface area contributed by atoms with Crippen LogP contribution in [0.15, 0.2) is 29.8 Å². The van der Waals surface area contributed by atoms with Gasteiger partial charge in [-0.1, -0.05) is 60.1 Å². The van der Waals surface area contributed by atoms with Crippen molar-refractivity contribution in [2.45, 2.75) is 218 Å². The molecule has 0 spiro atoms. The summed E-state index contributed by atoms with van der Waals surface area (Å²) in [6.45, 7) is 20.0. The Kier molecular flexibility index (Phi) is 14.8. The topological polar surface area (TPSA) is 265 Å². The molecule has 3 saturated heterocycles. The lowest BCUT2D eigenvalue weighted by Crippen LogP contribution is -2.68. The van der Waals surface area contributed by atoms with Gasteiger partial charge in [-0.15, -0.1) is 0 Å². The second-order valence-electron chi connectivity index (χ2n) is 25.4. The molecule has 1 amide bonds. The smallest absolute Gasteiger partial charge is 0.231 e. The molecule has 0 bridgehead atoms. The van der Waals surface area contributed by atoms with Gasteiger partial charge in [-0.3, -0.25) is 4.79 Å². The molecular formula is C56H85NO17. The van der Waals surface area contributed by atoms with Crippen LogP contribution in [0.2, 0.25) is 0 Å². The van der Waals surface area contributed by atoms with Gasteiger partial charge in [-0.25, -0.2) is 0 Å². The summed E-state index contributed by atoms with van der Waals surface area (Å²) in [6, 6.07) is 5.68. The van der Waals surface area contributed by atoms with Crippen LogP contribution in [0.5, 0.6) is 11.5 Å². The number of anilines is 1. The van der Waals surface area contributed by atoms with E-state index in [1.54, 1.807) is 0 Å². The minimum Gasteiger partial charge on any atom is -0.486 e. The molecule has 18 heteroatoms. The summed E-state index contributed by atoms with van der Waals surface area (Å²) in [4.78, 5) is 15.0. The zero-order valence-electron chi connectivity index (χ0n) is 44.7. The van der Waals surface area contributed by atoms with Gasteiger partial charge in [-0.05, 0) is 135 Å². The normalized spacial score (nSPS) is 50.8. The van der Waals surface area contributed by atoms with Crippen LogP contribution in [0, 0.1) is 56.7 Å². The highest BCUT2D eigenvalue weighted by Crippen LogP contribution is 2.76. The number of aliphatic hydroxyl groups is 8. The molecule has 0 unspecified atom stereocenters. The highest BCUT2D eigenvalue weighted by Gasteiger charge is 2.70. The van der Waals surface area contributed by atoms with Crippen LogP contribution in [-0.2, 0) is 33.2 Å². The van der Waals surface area contributed by atoms with Gasteiger partial charge in [0.25, 0.3) is 0 Å². The van der Waals surface area contributed by atoms with Crippen molar-refractivity contribution >= 4 is 11.6 Å². The molecule has 18 nitrogen and oxygen atoms in total. The van der Waals surface area contributed by atoms with Gasteiger partial charge in [0, 0.05) is 11.8 Å². The maximum atomic E-state index is 15.0. The number of hydrogen-bond acceptors (Lipinski definition) is 17. The summed E-state index contributed by atoms with van der Waals surface area (Å²) < 4.78 is 49.1. The summed E-state index contributed by atoms with van der Waals surface area (Å²) in [5.41, 5.74) is 0.852. The minimum atomic E-state index is -1.74. The third kappa shape index (κ3) is 8.61. The first-order valence-electron chi connectivity index (χ1n) is 27.6. The van der Waals surface area contributed by atoms with E-state index in [1.165, 1.54) is 19.4 Å². The van der Waals surface area contributed by atoms with Gasteiger partial charge >= 0.3 is 0 Å². The molecular weight excluding hydrogens is 959 g/mol. The van der Waals surface area contributed by atoms with Crippen LogP contribution in [-0.4, -0.2) is 165 Å². The van der Waals surface area contributed by atoms with E-state index in [4.69, 9.17) is 37.9 Å². The zero-order valence-corrected chi connectivity index (χ0v) is 44.7. The third-order valence-corrected chi connectivity index (χ3v) is 21.5. The van der Waals surface area contributed by atoms with Crippen LogP contribution in [0.1, 0.15) is 120 Å². The summed E-state index contributed by atoms with van der Waals surface area (Å²) in [5, 5.41) is 90.7. The molecule has 4 aliphatic heterocycles. The predicted octanol–water partition coefficient (Wildman–Crippen LogP) is 3.94. The van der Waals surface area contributed by atoms with E-state index >= 15 is 0 Å². The molecule has 9 aliphatic rings. The van der Waals surface area contributed by atoms with Crippen molar-refractivity contribution in [1.82, 2.24) is 0 Å². The number of rotatable bonds is 9. The fourth-order valence-corrected chi connectivity index (χ4v) is 16.7. The molecule has 9 N–H and O–H groups in total. The number of amides is 1. The monoisotopic (exact) mass is 1040 g/mol. The molecule has 5 aliphatic carbocycles. The van der Waals surface area contributed by atoms with Crippen molar-refractivity contribution in [3.05, 3.63) is 29.8 Å². The van der Waals surface area contributed by atoms with Gasteiger partial charge in [0.05, 0.1) is 30.3 Å². The lowest BCUT2D eigenvalue weighted by atomic mass is 9.33. The Morgan fingerprint density at radius 2 is 1.30 bits per heavy atom. The van der Waals surface area contributed by atoms with E-state index < -0.39 is 116 Å². The molecule has 7 fully saturated rings. The number of fused-ring (bicyclic) bond motifs is 8. The molecule has 74 heavy (non-hydrogen) atoms. The summed E-state index contributed by atoms with van der Waals surface area (Å²) in [6.07, 6.45) is -12.0. The Morgan fingerprint density at radius 1 is 0.662 bits per heavy atom.